The Bertz CT molecular complexity index is 405. The van der Waals surface area contributed by atoms with Gasteiger partial charge in [0.15, 0.2) is 5.96 Å². The molecular weight excluding hydrogens is 226 g/mol. The van der Waals surface area contributed by atoms with E-state index in [2.05, 4.69) is 34.6 Å². The first kappa shape index (κ1) is 12.9. The Morgan fingerprint density at radius 2 is 2.22 bits per heavy atom. The molecule has 1 aromatic carbocycles. The van der Waals surface area contributed by atoms with E-state index in [0.29, 0.717) is 24.5 Å². The number of guanidine groups is 1. The molecule has 0 radical (unpaired) electrons. The molecule has 3 unspecified atom stereocenters. The van der Waals surface area contributed by atoms with Crippen LogP contribution in [0.3, 0.4) is 0 Å². The number of aliphatic imine (C=N–C) groups is 1. The lowest BCUT2D eigenvalue weighted by Gasteiger charge is -2.12. The minimum atomic E-state index is 0.188. The summed E-state index contributed by atoms with van der Waals surface area (Å²) in [6.45, 7) is 2.65. The molecule has 4 heteroatoms. The van der Waals surface area contributed by atoms with Gasteiger partial charge in [-0.2, -0.15) is 0 Å². The number of rotatable bonds is 5. The first-order chi connectivity index (χ1) is 8.70. The van der Waals surface area contributed by atoms with Crippen LogP contribution in [-0.4, -0.2) is 31.8 Å². The molecule has 0 amide bonds. The third-order valence-electron chi connectivity index (χ3n) is 3.10. The molecule has 0 aromatic heterocycles. The van der Waals surface area contributed by atoms with Crippen LogP contribution in [0.25, 0.3) is 0 Å². The molecule has 1 aliphatic rings. The lowest BCUT2D eigenvalue weighted by Crippen LogP contribution is -2.40. The maximum Gasteiger partial charge on any atom is 0.189 e. The summed E-state index contributed by atoms with van der Waals surface area (Å²) in [7, 11) is 1.68. The normalized spacial score (nSPS) is 24.7. The Kier molecular flexibility index (Phi) is 4.20. The van der Waals surface area contributed by atoms with Crippen molar-refractivity contribution in [2.45, 2.75) is 31.3 Å². The van der Waals surface area contributed by atoms with Crippen LogP contribution >= 0.6 is 0 Å². The van der Waals surface area contributed by atoms with E-state index in [1.165, 1.54) is 5.56 Å². The second-order valence-electron chi connectivity index (χ2n) is 4.84. The number of ether oxygens (including phenoxy) is 1. The molecule has 0 saturated heterocycles. The van der Waals surface area contributed by atoms with Crippen LogP contribution in [0.2, 0.25) is 0 Å². The van der Waals surface area contributed by atoms with E-state index in [0.717, 1.165) is 6.42 Å². The molecule has 0 bridgehead atoms. The molecule has 2 rings (SSSR count). The van der Waals surface area contributed by atoms with E-state index in [1.54, 1.807) is 7.11 Å². The zero-order valence-corrected chi connectivity index (χ0v) is 11.0. The first-order valence-electron chi connectivity index (χ1n) is 6.34. The van der Waals surface area contributed by atoms with E-state index in [-0.39, 0.29) is 6.04 Å². The number of hydrogen-bond acceptors (Lipinski definition) is 2. The van der Waals surface area contributed by atoms with Crippen LogP contribution in [0.1, 0.15) is 24.8 Å². The van der Waals surface area contributed by atoms with Crippen molar-refractivity contribution in [1.82, 2.24) is 5.32 Å². The largest absolute Gasteiger partial charge is 0.383 e. The average Bonchev–Trinajstić information content (AvgIpc) is 3.09. The maximum atomic E-state index is 5.87. The Morgan fingerprint density at radius 3 is 2.89 bits per heavy atom. The molecule has 0 spiro atoms. The molecule has 18 heavy (non-hydrogen) atoms. The van der Waals surface area contributed by atoms with Gasteiger partial charge in [0.2, 0.25) is 0 Å². The number of nitrogens with one attached hydrogen (secondary N) is 1. The number of benzene rings is 1. The van der Waals surface area contributed by atoms with Crippen LogP contribution in [0, 0.1) is 0 Å². The predicted octanol–water partition coefficient (Wildman–Crippen LogP) is 1.48. The molecule has 98 valence electrons. The fourth-order valence-electron chi connectivity index (χ4n) is 2.14. The minimum Gasteiger partial charge on any atom is -0.383 e. The van der Waals surface area contributed by atoms with E-state index in [9.17, 15) is 0 Å². The second-order valence-corrected chi connectivity index (χ2v) is 4.84. The van der Waals surface area contributed by atoms with Gasteiger partial charge >= 0.3 is 0 Å². The maximum absolute atomic E-state index is 5.87. The van der Waals surface area contributed by atoms with E-state index < -0.39 is 0 Å². The van der Waals surface area contributed by atoms with Crippen LogP contribution in [0.5, 0.6) is 0 Å². The number of nitrogens with two attached hydrogens (primary N) is 1. The Balaban J connectivity index is 1.85. The third kappa shape index (κ3) is 3.47. The molecule has 0 aliphatic heterocycles. The highest BCUT2D eigenvalue weighted by Gasteiger charge is 2.38. The molecule has 1 aliphatic carbocycles. The van der Waals surface area contributed by atoms with Crippen LogP contribution in [-0.2, 0) is 4.74 Å². The summed E-state index contributed by atoms with van der Waals surface area (Å²) >= 11 is 0. The highest BCUT2D eigenvalue weighted by molar-refractivity contribution is 5.78. The summed E-state index contributed by atoms with van der Waals surface area (Å²) in [6.07, 6.45) is 1.09. The zero-order valence-electron chi connectivity index (χ0n) is 11.0. The van der Waals surface area contributed by atoms with Gasteiger partial charge in [0.1, 0.15) is 0 Å². The summed E-state index contributed by atoms with van der Waals surface area (Å²) in [5.41, 5.74) is 7.22. The molecule has 3 N–H and O–H groups in total. The van der Waals surface area contributed by atoms with Gasteiger partial charge in [-0.1, -0.05) is 30.3 Å². The van der Waals surface area contributed by atoms with Crippen molar-refractivity contribution in [3.05, 3.63) is 35.9 Å². The highest BCUT2D eigenvalue weighted by Crippen LogP contribution is 2.43. The van der Waals surface area contributed by atoms with Gasteiger partial charge in [0.05, 0.1) is 12.6 Å². The quantitative estimate of drug-likeness (QED) is 0.612. The van der Waals surface area contributed by atoms with E-state index in [1.807, 2.05) is 13.0 Å². The fourth-order valence-corrected chi connectivity index (χ4v) is 2.14. The Morgan fingerprint density at radius 1 is 1.50 bits per heavy atom. The molecular formula is C14H21N3O. The molecule has 3 atom stereocenters. The lowest BCUT2D eigenvalue weighted by molar-refractivity contribution is 0.179. The van der Waals surface area contributed by atoms with Gasteiger partial charge < -0.3 is 15.8 Å². The summed E-state index contributed by atoms with van der Waals surface area (Å²) < 4.78 is 5.04. The van der Waals surface area contributed by atoms with Gasteiger partial charge in [-0.25, -0.2) is 4.99 Å². The third-order valence-corrected chi connectivity index (χ3v) is 3.10. The number of methoxy groups -OCH3 is 1. The van der Waals surface area contributed by atoms with Crippen molar-refractivity contribution in [2.24, 2.45) is 10.7 Å². The smallest absolute Gasteiger partial charge is 0.189 e. The minimum absolute atomic E-state index is 0.188. The van der Waals surface area contributed by atoms with Gasteiger partial charge in [-0.15, -0.1) is 0 Å². The standard InChI is InChI=1S/C14H21N3O/c1-10(9-18-2)16-14(15)17-13-8-12(13)11-6-4-3-5-7-11/h3-7,10,12-13H,8-9H2,1-2H3,(H3,15,16,17). The lowest BCUT2D eigenvalue weighted by atomic mass is 10.1. The van der Waals surface area contributed by atoms with E-state index >= 15 is 0 Å². The van der Waals surface area contributed by atoms with Crippen molar-refractivity contribution in [2.75, 3.05) is 13.7 Å². The second kappa shape index (κ2) is 5.87. The fraction of sp³-hybridized carbons (Fsp3) is 0.500. The van der Waals surface area contributed by atoms with Crippen molar-refractivity contribution in [3.8, 4) is 0 Å². The van der Waals surface area contributed by atoms with Crippen LogP contribution in [0.4, 0.5) is 0 Å². The molecule has 1 fully saturated rings. The Hall–Kier alpha value is -1.55. The van der Waals surface area contributed by atoms with Crippen molar-refractivity contribution in [1.29, 1.82) is 0 Å². The van der Waals surface area contributed by atoms with Gasteiger partial charge in [-0.05, 0) is 18.9 Å². The van der Waals surface area contributed by atoms with Crippen molar-refractivity contribution < 1.29 is 4.74 Å². The zero-order chi connectivity index (χ0) is 13.0. The van der Waals surface area contributed by atoms with Gasteiger partial charge in [-0.3, -0.25) is 0 Å². The topological polar surface area (TPSA) is 59.6 Å². The average molecular weight is 247 g/mol. The monoisotopic (exact) mass is 247 g/mol. The van der Waals surface area contributed by atoms with Crippen molar-refractivity contribution >= 4 is 5.96 Å². The molecule has 1 aromatic rings. The van der Waals surface area contributed by atoms with Gasteiger partial charge in [0, 0.05) is 19.1 Å². The summed E-state index contributed by atoms with van der Waals surface area (Å²) in [4.78, 5) is 4.50. The predicted molar refractivity (Wildman–Crippen MR) is 73.7 cm³/mol. The summed E-state index contributed by atoms with van der Waals surface area (Å²) in [5, 5.41) is 3.13. The van der Waals surface area contributed by atoms with Crippen LogP contribution < -0.4 is 11.1 Å². The number of nitrogens with zero attached hydrogens (tertiary/aromatic N) is 1. The molecule has 4 nitrogen and oxygen atoms in total. The van der Waals surface area contributed by atoms with Crippen molar-refractivity contribution in [3.63, 3.8) is 0 Å². The molecule has 1 saturated carbocycles. The molecule has 0 heterocycles. The summed E-state index contributed by atoms with van der Waals surface area (Å²) in [5.74, 6) is 1.05. The van der Waals surface area contributed by atoms with E-state index in [4.69, 9.17) is 10.5 Å². The highest BCUT2D eigenvalue weighted by atomic mass is 16.5. The summed E-state index contributed by atoms with van der Waals surface area (Å²) in [6, 6.07) is 11.0. The van der Waals surface area contributed by atoms with Gasteiger partial charge in [0.25, 0.3) is 0 Å². The van der Waals surface area contributed by atoms with Crippen LogP contribution in [0.15, 0.2) is 35.3 Å². The first-order valence-corrected chi connectivity index (χ1v) is 6.34. The SMILES string of the molecule is COCC(C)NC(N)=NC1CC1c1ccccc1. The Labute approximate surface area is 108 Å². The number of hydrogen-bond donors (Lipinski definition) is 2.